The van der Waals surface area contributed by atoms with Crippen LogP contribution < -0.4 is 10.6 Å². The fraction of sp³-hybridized carbons (Fsp3) is 0.643. The number of amides is 1. The van der Waals surface area contributed by atoms with E-state index in [0.717, 1.165) is 45.2 Å². The predicted molar refractivity (Wildman–Crippen MR) is 75.3 cm³/mol. The molecular formula is C14H23N3O3. The van der Waals surface area contributed by atoms with Crippen LogP contribution >= 0.6 is 0 Å². The highest BCUT2D eigenvalue weighted by Crippen LogP contribution is 1.99. The fourth-order valence-corrected chi connectivity index (χ4v) is 2.10. The zero-order valence-corrected chi connectivity index (χ0v) is 11.9. The SMILES string of the molecule is CC(NCCN1CCOCC1)C(=O)NCc1ccco1. The first kappa shape index (κ1) is 15.0. The first-order valence-corrected chi connectivity index (χ1v) is 7.09. The Hall–Kier alpha value is -1.37. The van der Waals surface area contributed by atoms with Crippen molar-refractivity contribution in [3.8, 4) is 0 Å². The molecule has 2 N–H and O–H groups in total. The van der Waals surface area contributed by atoms with E-state index in [4.69, 9.17) is 9.15 Å². The van der Waals surface area contributed by atoms with E-state index in [-0.39, 0.29) is 11.9 Å². The Kier molecular flexibility index (Phi) is 6.04. The number of nitrogens with zero attached hydrogens (tertiary/aromatic N) is 1. The molecule has 1 saturated heterocycles. The van der Waals surface area contributed by atoms with Gasteiger partial charge in [-0.3, -0.25) is 9.69 Å². The van der Waals surface area contributed by atoms with Crippen LogP contribution in [0.2, 0.25) is 0 Å². The van der Waals surface area contributed by atoms with Crippen molar-refractivity contribution in [3.05, 3.63) is 24.2 Å². The summed E-state index contributed by atoms with van der Waals surface area (Å²) in [5.74, 6) is 0.752. The number of carbonyl (C=O) groups is 1. The van der Waals surface area contributed by atoms with Crippen molar-refractivity contribution in [3.63, 3.8) is 0 Å². The van der Waals surface area contributed by atoms with Crippen molar-refractivity contribution in [1.82, 2.24) is 15.5 Å². The number of hydrogen-bond acceptors (Lipinski definition) is 5. The third-order valence-corrected chi connectivity index (χ3v) is 3.39. The number of rotatable bonds is 7. The average Bonchev–Trinajstić information content (AvgIpc) is 2.99. The van der Waals surface area contributed by atoms with Crippen LogP contribution in [0.25, 0.3) is 0 Å². The highest BCUT2D eigenvalue weighted by atomic mass is 16.5. The van der Waals surface area contributed by atoms with Gasteiger partial charge in [0.2, 0.25) is 5.91 Å². The van der Waals surface area contributed by atoms with Gasteiger partial charge in [0.25, 0.3) is 0 Å². The van der Waals surface area contributed by atoms with Gasteiger partial charge in [-0.2, -0.15) is 0 Å². The summed E-state index contributed by atoms with van der Waals surface area (Å²) in [5, 5.41) is 6.08. The second kappa shape index (κ2) is 8.04. The minimum Gasteiger partial charge on any atom is -0.467 e. The van der Waals surface area contributed by atoms with E-state index in [1.54, 1.807) is 6.26 Å². The van der Waals surface area contributed by atoms with Gasteiger partial charge in [-0.15, -0.1) is 0 Å². The summed E-state index contributed by atoms with van der Waals surface area (Å²) in [6.45, 7) is 7.60. The lowest BCUT2D eigenvalue weighted by Gasteiger charge is -2.27. The molecule has 1 unspecified atom stereocenters. The van der Waals surface area contributed by atoms with Gasteiger partial charge in [0.05, 0.1) is 32.1 Å². The first-order valence-electron chi connectivity index (χ1n) is 7.09. The van der Waals surface area contributed by atoms with Gasteiger partial charge >= 0.3 is 0 Å². The Labute approximate surface area is 119 Å². The second-order valence-corrected chi connectivity index (χ2v) is 4.93. The van der Waals surface area contributed by atoms with E-state index in [1.807, 2.05) is 19.1 Å². The molecule has 1 aliphatic rings. The van der Waals surface area contributed by atoms with E-state index in [0.29, 0.717) is 6.54 Å². The van der Waals surface area contributed by atoms with Gasteiger partial charge in [-0.1, -0.05) is 0 Å². The van der Waals surface area contributed by atoms with Crippen LogP contribution in [0.15, 0.2) is 22.8 Å². The normalized spacial score (nSPS) is 17.9. The third kappa shape index (κ3) is 4.96. The fourth-order valence-electron chi connectivity index (χ4n) is 2.10. The van der Waals surface area contributed by atoms with Crippen molar-refractivity contribution in [2.45, 2.75) is 19.5 Å². The van der Waals surface area contributed by atoms with Crippen molar-refractivity contribution < 1.29 is 13.9 Å². The molecule has 1 aromatic rings. The van der Waals surface area contributed by atoms with E-state index in [1.165, 1.54) is 0 Å². The maximum absolute atomic E-state index is 11.9. The van der Waals surface area contributed by atoms with Gasteiger partial charge in [-0.05, 0) is 19.1 Å². The van der Waals surface area contributed by atoms with E-state index in [9.17, 15) is 4.79 Å². The van der Waals surface area contributed by atoms with Gasteiger partial charge in [0, 0.05) is 26.2 Å². The van der Waals surface area contributed by atoms with Crippen LogP contribution in [0, 0.1) is 0 Å². The van der Waals surface area contributed by atoms with E-state index >= 15 is 0 Å². The van der Waals surface area contributed by atoms with Gasteiger partial charge in [-0.25, -0.2) is 0 Å². The average molecular weight is 281 g/mol. The van der Waals surface area contributed by atoms with Crippen molar-refractivity contribution >= 4 is 5.91 Å². The molecule has 1 aliphatic heterocycles. The molecular weight excluding hydrogens is 258 g/mol. The summed E-state index contributed by atoms with van der Waals surface area (Å²) in [6, 6.07) is 3.45. The monoisotopic (exact) mass is 281 g/mol. The topological polar surface area (TPSA) is 66.7 Å². The summed E-state index contributed by atoms with van der Waals surface area (Å²) in [4.78, 5) is 14.2. The molecule has 1 fully saturated rings. The molecule has 1 atom stereocenters. The number of hydrogen-bond donors (Lipinski definition) is 2. The van der Waals surface area contributed by atoms with E-state index in [2.05, 4.69) is 15.5 Å². The van der Waals surface area contributed by atoms with Crippen LogP contribution in [0.3, 0.4) is 0 Å². The smallest absolute Gasteiger partial charge is 0.237 e. The summed E-state index contributed by atoms with van der Waals surface area (Å²) in [6.07, 6.45) is 1.60. The molecule has 0 aliphatic carbocycles. The molecule has 6 heteroatoms. The third-order valence-electron chi connectivity index (χ3n) is 3.39. The lowest BCUT2D eigenvalue weighted by Crippen LogP contribution is -2.46. The molecule has 0 saturated carbocycles. The Balaban J connectivity index is 1.58. The van der Waals surface area contributed by atoms with Crippen molar-refractivity contribution in [2.75, 3.05) is 39.4 Å². The van der Waals surface area contributed by atoms with Crippen molar-refractivity contribution in [2.24, 2.45) is 0 Å². The van der Waals surface area contributed by atoms with Crippen molar-refractivity contribution in [1.29, 1.82) is 0 Å². The van der Waals surface area contributed by atoms with Crippen LogP contribution in [-0.4, -0.2) is 56.2 Å². The number of morpholine rings is 1. The number of carbonyl (C=O) groups excluding carboxylic acids is 1. The summed E-state index contributed by atoms with van der Waals surface area (Å²) >= 11 is 0. The minimum atomic E-state index is -0.203. The zero-order chi connectivity index (χ0) is 14.2. The van der Waals surface area contributed by atoms with E-state index < -0.39 is 0 Å². The minimum absolute atomic E-state index is 0.0108. The molecule has 0 radical (unpaired) electrons. The number of ether oxygens (including phenoxy) is 1. The first-order chi connectivity index (χ1) is 9.75. The molecule has 1 amide bonds. The number of nitrogens with one attached hydrogen (secondary N) is 2. The van der Waals surface area contributed by atoms with Gasteiger partial charge in [0.15, 0.2) is 0 Å². The summed E-state index contributed by atoms with van der Waals surface area (Å²) in [7, 11) is 0. The maximum Gasteiger partial charge on any atom is 0.237 e. The molecule has 0 aromatic carbocycles. The molecule has 2 rings (SSSR count). The second-order valence-electron chi connectivity index (χ2n) is 4.93. The molecule has 0 bridgehead atoms. The highest BCUT2D eigenvalue weighted by molar-refractivity contribution is 5.81. The van der Waals surface area contributed by atoms with Crippen LogP contribution in [0.1, 0.15) is 12.7 Å². The quantitative estimate of drug-likeness (QED) is 0.748. The Morgan fingerprint density at radius 1 is 1.45 bits per heavy atom. The number of furan rings is 1. The van der Waals surface area contributed by atoms with Crippen LogP contribution in [0.5, 0.6) is 0 Å². The Bertz CT molecular complexity index is 388. The lowest BCUT2D eigenvalue weighted by molar-refractivity contribution is -0.123. The standard InChI is InChI=1S/C14H23N3O3/c1-12(14(18)16-11-13-3-2-8-20-13)15-4-5-17-6-9-19-10-7-17/h2-3,8,12,15H,4-7,9-11H2,1H3,(H,16,18). The predicted octanol–water partition coefficient (Wildman–Crippen LogP) is 0.206. The molecule has 20 heavy (non-hydrogen) atoms. The highest BCUT2D eigenvalue weighted by Gasteiger charge is 2.14. The zero-order valence-electron chi connectivity index (χ0n) is 11.9. The summed E-state index contributed by atoms with van der Waals surface area (Å²) < 4.78 is 10.5. The van der Waals surface area contributed by atoms with Gasteiger partial charge in [0.1, 0.15) is 5.76 Å². The van der Waals surface area contributed by atoms with Crippen LogP contribution in [0.4, 0.5) is 0 Å². The Morgan fingerprint density at radius 3 is 2.95 bits per heavy atom. The largest absolute Gasteiger partial charge is 0.467 e. The molecule has 2 heterocycles. The van der Waals surface area contributed by atoms with Crippen LogP contribution in [-0.2, 0) is 16.1 Å². The maximum atomic E-state index is 11.9. The van der Waals surface area contributed by atoms with Gasteiger partial charge < -0.3 is 19.8 Å². The molecule has 0 spiro atoms. The molecule has 6 nitrogen and oxygen atoms in total. The summed E-state index contributed by atoms with van der Waals surface area (Å²) in [5.41, 5.74) is 0. The Morgan fingerprint density at radius 2 is 2.25 bits per heavy atom. The molecule has 112 valence electrons. The lowest BCUT2D eigenvalue weighted by atomic mass is 10.3. The molecule has 1 aromatic heterocycles.